The molecule has 1 atom stereocenters. The van der Waals surface area contributed by atoms with Crippen LogP contribution in [0.2, 0.25) is 0 Å². The highest BCUT2D eigenvalue weighted by Crippen LogP contribution is 2.40. The quantitative estimate of drug-likeness (QED) is 0.800. The number of piperazine rings is 1. The van der Waals surface area contributed by atoms with Crippen molar-refractivity contribution in [3.8, 4) is 17.2 Å². The van der Waals surface area contributed by atoms with Crippen molar-refractivity contribution in [2.45, 2.75) is 6.04 Å². The van der Waals surface area contributed by atoms with Crippen LogP contribution in [0.5, 0.6) is 17.2 Å². The molecule has 0 saturated carbocycles. The number of hydrogen-bond acceptors (Lipinski definition) is 5. The largest absolute Gasteiger partial charge is 0.507 e. The zero-order valence-corrected chi connectivity index (χ0v) is 12.1. The van der Waals surface area contributed by atoms with Gasteiger partial charge in [-0.25, -0.2) is 0 Å². The van der Waals surface area contributed by atoms with Gasteiger partial charge in [0.15, 0.2) is 0 Å². The molecule has 2 N–H and O–H groups in total. The highest BCUT2D eigenvalue weighted by Gasteiger charge is 2.25. The van der Waals surface area contributed by atoms with E-state index in [0.29, 0.717) is 11.5 Å². The average Bonchev–Trinajstić information content (AvgIpc) is 2.50. The third-order valence-electron chi connectivity index (χ3n) is 3.61. The van der Waals surface area contributed by atoms with E-state index >= 15 is 0 Å². The summed E-state index contributed by atoms with van der Waals surface area (Å²) in [6.07, 6.45) is 1.84. The summed E-state index contributed by atoms with van der Waals surface area (Å²) in [5.41, 5.74) is 0.741. The number of hydrogen-bond donors (Lipinski definition) is 2. The van der Waals surface area contributed by atoms with E-state index in [1.165, 1.54) is 0 Å². The molecule has 1 aliphatic heterocycles. The lowest BCUT2D eigenvalue weighted by molar-refractivity contribution is 0.197. The Kier molecular flexibility index (Phi) is 4.87. The van der Waals surface area contributed by atoms with Crippen molar-refractivity contribution in [3.63, 3.8) is 0 Å². The molecule has 1 saturated heterocycles. The molecule has 110 valence electrons. The van der Waals surface area contributed by atoms with Gasteiger partial charge in [0.05, 0.1) is 25.8 Å². The van der Waals surface area contributed by atoms with Gasteiger partial charge in [0.2, 0.25) is 0 Å². The summed E-state index contributed by atoms with van der Waals surface area (Å²) in [6.45, 7) is 7.60. The Hall–Kier alpha value is -1.72. The number of nitrogens with zero attached hydrogens (tertiary/aromatic N) is 1. The highest BCUT2D eigenvalue weighted by atomic mass is 16.5. The van der Waals surface area contributed by atoms with Crippen molar-refractivity contribution in [1.29, 1.82) is 0 Å². The van der Waals surface area contributed by atoms with Crippen molar-refractivity contribution < 1.29 is 14.6 Å². The third-order valence-corrected chi connectivity index (χ3v) is 3.61. The fourth-order valence-electron chi connectivity index (χ4n) is 2.58. The molecule has 0 aliphatic carbocycles. The van der Waals surface area contributed by atoms with Crippen LogP contribution in [-0.2, 0) is 0 Å². The maximum atomic E-state index is 10.3. The lowest BCUT2D eigenvalue weighted by Crippen LogP contribution is -2.44. The van der Waals surface area contributed by atoms with Gasteiger partial charge in [-0.05, 0) is 0 Å². The number of rotatable bonds is 5. The molecule has 20 heavy (non-hydrogen) atoms. The molecule has 2 rings (SSSR count). The lowest BCUT2D eigenvalue weighted by Gasteiger charge is -2.34. The number of benzene rings is 1. The van der Waals surface area contributed by atoms with Crippen LogP contribution in [0.15, 0.2) is 24.8 Å². The Morgan fingerprint density at radius 1 is 1.30 bits per heavy atom. The Balaban J connectivity index is 2.39. The van der Waals surface area contributed by atoms with Gasteiger partial charge in [-0.2, -0.15) is 0 Å². The maximum absolute atomic E-state index is 10.3. The maximum Gasteiger partial charge on any atom is 0.131 e. The molecule has 0 aromatic heterocycles. The number of ether oxygens (including phenoxy) is 2. The molecule has 0 unspecified atom stereocenters. The molecular weight excluding hydrogens is 256 g/mol. The zero-order chi connectivity index (χ0) is 14.5. The Morgan fingerprint density at radius 3 is 2.55 bits per heavy atom. The molecule has 1 aliphatic rings. The van der Waals surface area contributed by atoms with Gasteiger partial charge in [0, 0.05) is 38.3 Å². The topological polar surface area (TPSA) is 54.0 Å². The predicted octanol–water partition coefficient (Wildman–Crippen LogP) is 1.54. The summed E-state index contributed by atoms with van der Waals surface area (Å²) < 4.78 is 10.6. The standard InChI is InChI=1S/C15H22N2O3/c1-4-12(17-7-5-16-6-8-17)15-13(18)9-11(19-2)10-14(15)20-3/h4,9-10,12,16,18H,1,5-8H2,2-3H3/t12-/m0/s1. The first-order valence-corrected chi connectivity index (χ1v) is 6.73. The summed E-state index contributed by atoms with van der Waals surface area (Å²) in [5, 5.41) is 13.6. The van der Waals surface area contributed by atoms with Gasteiger partial charge in [-0.1, -0.05) is 6.08 Å². The van der Waals surface area contributed by atoms with Crippen LogP contribution in [-0.4, -0.2) is 50.4 Å². The summed E-state index contributed by atoms with van der Waals surface area (Å²) in [4.78, 5) is 2.27. The Morgan fingerprint density at radius 2 is 2.00 bits per heavy atom. The van der Waals surface area contributed by atoms with Gasteiger partial charge in [-0.3, -0.25) is 4.90 Å². The fourth-order valence-corrected chi connectivity index (χ4v) is 2.58. The molecule has 1 aromatic carbocycles. The summed E-state index contributed by atoms with van der Waals surface area (Å²) in [7, 11) is 3.16. The number of phenolic OH excluding ortho intramolecular Hbond substituents is 1. The van der Waals surface area contributed by atoms with E-state index in [4.69, 9.17) is 9.47 Å². The monoisotopic (exact) mass is 278 g/mol. The first-order valence-electron chi connectivity index (χ1n) is 6.73. The second kappa shape index (κ2) is 6.63. The van der Waals surface area contributed by atoms with E-state index in [-0.39, 0.29) is 11.8 Å². The smallest absolute Gasteiger partial charge is 0.131 e. The summed E-state index contributed by atoms with van der Waals surface area (Å²) >= 11 is 0. The molecule has 1 heterocycles. The van der Waals surface area contributed by atoms with Crippen LogP contribution in [0.4, 0.5) is 0 Å². The van der Waals surface area contributed by atoms with E-state index in [1.54, 1.807) is 26.4 Å². The van der Waals surface area contributed by atoms with E-state index in [9.17, 15) is 5.11 Å². The molecule has 0 bridgehead atoms. The van der Waals surface area contributed by atoms with Gasteiger partial charge in [0.1, 0.15) is 17.2 Å². The summed E-state index contributed by atoms with van der Waals surface area (Å²) in [6, 6.07) is 3.32. The van der Waals surface area contributed by atoms with Crippen molar-refractivity contribution >= 4 is 0 Å². The van der Waals surface area contributed by atoms with Crippen LogP contribution in [0.1, 0.15) is 11.6 Å². The van der Waals surface area contributed by atoms with Crippen LogP contribution in [0.3, 0.4) is 0 Å². The van der Waals surface area contributed by atoms with E-state index in [0.717, 1.165) is 31.7 Å². The van der Waals surface area contributed by atoms with Gasteiger partial charge in [-0.15, -0.1) is 6.58 Å². The molecule has 5 heteroatoms. The second-order valence-electron chi connectivity index (χ2n) is 4.73. The minimum Gasteiger partial charge on any atom is -0.507 e. The van der Waals surface area contributed by atoms with Crippen LogP contribution in [0.25, 0.3) is 0 Å². The van der Waals surface area contributed by atoms with Crippen molar-refractivity contribution in [2.24, 2.45) is 0 Å². The third kappa shape index (κ3) is 2.89. The molecule has 1 fully saturated rings. The van der Waals surface area contributed by atoms with Crippen molar-refractivity contribution in [2.75, 3.05) is 40.4 Å². The number of aromatic hydroxyl groups is 1. The molecule has 0 spiro atoms. The first-order chi connectivity index (χ1) is 9.71. The number of methoxy groups -OCH3 is 2. The normalized spacial score (nSPS) is 17.5. The molecule has 0 amide bonds. The zero-order valence-electron chi connectivity index (χ0n) is 12.1. The molecule has 1 aromatic rings. The number of phenols is 1. The summed E-state index contributed by atoms with van der Waals surface area (Å²) in [5.74, 6) is 1.36. The Bertz CT molecular complexity index is 470. The van der Waals surface area contributed by atoms with Gasteiger partial charge < -0.3 is 19.9 Å². The van der Waals surface area contributed by atoms with Crippen molar-refractivity contribution in [3.05, 3.63) is 30.4 Å². The SMILES string of the molecule is C=C[C@@H](c1c(O)cc(OC)cc1OC)N1CCNCC1. The first kappa shape index (κ1) is 14.7. The predicted molar refractivity (Wildman–Crippen MR) is 78.6 cm³/mol. The second-order valence-corrected chi connectivity index (χ2v) is 4.73. The lowest BCUT2D eigenvalue weighted by atomic mass is 10.0. The van der Waals surface area contributed by atoms with Crippen LogP contribution < -0.4 is 14.8 Å². The van der Waals surface area contributed by atoms with E-state index in [2.05, 4.69) is 16.8 Å². The number of nitrogens with one attached hydrogen (secondary N) is 1. The van der Waals surface area contributed by atoms with Gasteiger partial charge in [0.25, 0.3) is 0 Å². The average molecular weight is 278 g/mol. The van der Waals surface area contributed by atoms with E-state index in [1.807, 2.05) is 6.08 Å². The van der Waals surface area contributed by atoms with Crippen LogP contribution in [0, 0.1) is 0 Å². The van der Waals surface area contributed by atoms with Gasteiger partial charge >= 0.3 is 0 Å². The fraction of sp³-hybridized carbons (Fsp3) is 0.467. The minimum atomic E-state index is -0.0713. The van der Waals surface area contributed by atoms with Crippen molar-refractivity contribution in [1.82, 2.24) is 10.2 Å². The minimum absolute atomic E-state index is 0.0713. The van der Waals surface area contributed by atoms with Crippen LogP contribution >= 0.6 is 0 Å². The van der Waals surface area contributed by atoms with E-state index < -0.39 is 0 Å². The Labute approximate surface area is 119 Å². The molecular formula is C15H22N2O3. The molecule has 5 nitrogen and oxygen atoms in total. The highest BCUT2D eigenvalue weighted by molar-refractivity contribution is 5.52. The molecule has 0 radical (unpaired) electrons.